The van der Waals surface area contributed by atoms with Crippen molar-refractivity contribution in [1.29, 1.82) is 0 Å². The monoisotopic (exact) mass is 588 g/mol. The fraction of sp³-hybridized carbons (Fsp3) is 0.231. The van der Waals surface area contributed by atoms with Crippen molar-refractivity contribution in [2.24, 2.45) is 0 Å². The second-order valence-electron chi connectivity index (χ2n) is 8.88. The van der Waals surface area contributed by atoms with Crippen LogP contribution in [0.2, 0.25) is 5.15 Å². The summed E-state index contributed by atoms with van der Waals surface area (Å²) in [5.41, 5.74) is 1.34. The Kier molecular flexibility index (Phi) is 7.43. The van der Waals surface area contributed by atoms with Crippen LogP contribution in [0.15, 0.2) is 30.6 Å². The van der Waals surface area contributed by atoms with E-state index in [2.05, 4.69) is 25.3 Å². The first kappa shape index (κ1) is 27.5. The van der Waals surface area contributed by atoms with Gasteiger partial charge in [-0.05, 0) is 32.0 Å². The number of aryl methyl sites for hydroxylation is 2. The Labute approximate surface area is 235 Å². The Bertz CT molecular complexity index is 1640. The van der Waals surface area contributed by atoms with E-state index >= 15 is 0 Å². The Hall–Kier alpha value is -4.10. The molecule has 0 saturated carbocycles. The van der Waals surface area contributed by atoms with Gasteiger partial charge in [0.2, 0.25) is 0 Å². The summed E-state index contributed by atoms with van der Waals surface area (Å²) in [6.45, 7) is 3.22. The Morgan fingerprint density at radius 1 is 1.10 bits per heavy atom. The molecule has 2 amide bonds. The van der Waals surface area contributed by atoms with Gasteiger partial charge in [-0.2, -0.15) is 0 Å². The number of hydrogen-bond donors (Lipinski definition) is 1. The van der Waals surface area contributed by atoms with E-state index < -0.39 is 35.3 Å². The van der Waals surface area contributed by atoms with Crippen molar-refractivity contribution in [2.45, 2.75) is 33.4 Å². The topological polar surface area (TPSA) is 110 Å². The van der Waals surface area contributed by atoms with Crippen molar-refractivity contribution >= 4 is 39.9 Å². The van der Waals surface area contributed by atoms with E-state index in [0.717, 1.165) is 11.3 Å². The van der Waals surface area contributed by atoms with Crippen LogP contribution in [0, 0.1) is 19.7 Å². The van der Waals surface area contributed by atoms with Gasteiger partial charge < -0.3 is 9.64 Å². The van der Waals surface area contributed by atoms with Crippen molar-refractivity contribution in [3.63, 3.8) is 0 Å². The van der Waals surface area contributed by atoms with Crippen LogP contribution >= 0.6 is 22.9 Å². The average Bonchev–Trinajstić information content (AvgIpc) is 3.48. The van der Waals surface area contributed by atoms with E-state index in [1.54, 1.807) is 19.1 Å². The lowest BCUT2D eigenvalue weighted by molar-refractivity contribution is 0.0738. The number of aromatic nitrogens is 4. The van der Waals surface area contributed by atoms with Crippen LogP contribution in [0.25, 0.3) is 11.1 Å². The molecule has 14 heteroatoms. The highest BCUT2D eigenvalue weighted by Crippen LogP contribution is 2.36. The van der Waals surface area contributed by atoms with Crippen LogP contribution in [0.5, 0.6) is 5.75 Å². The number of alkyl halides is 2. The van der Waals surface area contributed by atoms with E-state index in [-0.39, 0.29) is 29.5 Å². The van der Waals surface area contributed by atoms with Crippen LogP contribution in [-0.2, 0) is 13.1 Å². The molecule has 9 nitrogen and oxygen atoms in total. The van der Waals surface area contributed by atoms with Gasteiger partial charge in [0.25, 0.3) is 18.2 Å². The molecule has 0 atom stereocenters. The first-order valence-corrected chi connectivity index (χ1v) is 13.0. The first-order valence-electron chi connectivity index (χ1n) is 11.8. The van der Waals surface area contributed by atoms with Crippen molar-refractivity contribution in [2.75, 3.05) is 12.4 Å². The highest BCUT2D eigenvalue weighted by Gasteiger charge is 2.31. The molecule has 0 fully saturated rings. The van der Waals surface area contributed by atoms with Gasteiger partial charge >= 0.3 is 0 Å². The van der Waals surface area contributed by atoms with Crippen LogP contribution in [0.3, 0.4) is 0 Å². The highest BCUT2D eigenvalue weighted by atomic mass is 35.5. The maximum absolute atomic E-state index is 14.4. The minimum absolute atomic E-state index is 0.0430. The number of methoxy groups -OCH3 is 1. The van der Waals surface area contributed by atoms with E-state index in [1.807, 2.05) is 0 Å². The van der Waals surface area contributed by atoms with Gasteiger partial charge in [-0.15, -0.1) is 0 Å². The number of fused-ring (bicyclic) bond motifs is 1. The molecular weight excluding hydrogens is 569 g/mol. The van der Waals surface area contributed by atoms with Gasteiger partial charge in [0.15, 0.2) is 16.6 Å². The number of anilines is 1. The Morgan fingerprint density at radius 2 is 1.88 bits per heavy atom. The van der Waals surface area contributed by atoms with Gasteiger partial charge in [0.1, 0.15) is 10.9 Å². The molecule has 0 unspecified atom stereocenters. The predicted molar refractivity (Wildman–Crippen MR) is 141 cm³/mol. The number of ether oxygens (including phenoxy) is 1. The second kappa shape index (κ2) is 10.8. The van der Waals surface area contributed by atoms with Crippen molar-refractivity contribution in [1.82, 2.24) is 24.8 Å². The Balaban J connectivity index is 1.34. The van der Waals surface area contributed by atoms with E-state index in [4.69, 9.17) is 16.3 Å². The Morgan fingerprint density at radius 3 is 2.58 bits per heavy atom. The molecule has 0 aliphatic carbocycles. The fourth-order valence-corrected chi connectivity index (χ4v) is 5.41. The summed E-state index contributed by atoms with van der Waals surface area (Å²) >= 11 is 7.27. The summed E-state index contributed by atoms with van der Waals surface area (Å²) < 4.78 is 45.9. The van der Waals surface area contributed by atoms with Gasteiger partial charge in [0.05, 0.1) is 42.5 Å². The third kappa shape index (κ3) is 5.21. The fourth-order valence-electron chi connectivity index (χ4n) is 4.27. The summed E-state index contributed by atoms with van der Waals surface area (Å²) in [5, 5.41) is 3.30. The lowest BCUT2D eigenvalue weighted by atomic mass is 10.0. The minimum atomic E-state index is -2.90. The molecule has 40 heavy (non-hydrogen) atoms. The predicted octanol–water partition coefficient (Wildman–Crippen LogP) is 5.76. The molecule has 0 radical (unpaired) electrons. The standard InChI is InChI=1S/C26H20ClF3N6O3S/c1-11-4-14(15-6-21(27)32-8-19(15)39-3)16(7-31-11)24(37)35-26-34-18-9-36(10-20(18)40-26)25(38)22-17(28)5-13(23(29)30)12(2)33-22/h4-8,23H,9-10H2,1-3H3,(H,34,35,37). The molecule has 5 heterocycles. The molecule has 206 valence electrons. The normalized spacial score (nSPS) is 12.6. The zero-order chi connectivity index (χ0) is 28.7. The number of amides is 2. The third-order valence-corrected chi connectivity index (χ3v) is 7.44. The summed E-state index contributed by atoms with van der Waals surface area (Å²) in [6.07, 6.45) is 0.000853. The van der Waals surface area contributed by atoms with Crippen molar-refractivity contribution in [3.8, 4) is 16.9 Å². The number of halogens is 4. The number of rotatable bonds is 6. The largest absolute Gasteiger partial charge is 0.494 e. The molecule has 0 spiro atoms. The second-order valence-corrected chi connectivity index (χ2v) is 10.3. The zero-order valence-electron chi connectivity index (χ0n) is 21.3. The van der Waals surface area contributed by atoms with Gasteiger partial charge in [0, 0.05) is 34.3 Å². The first-order chi connectivity index (χ1) is 19.0. The molecule has 1 N–H and O–H groups in total. The molecule has 0 aromatic carbocycles. The summed E-state index contributed by atoms with van der Waals surface area (Å²) in [7, 11) is 1.48. The maximum Gasteiger partial charge on any atom is 0.276 e. The van der Waals surface area contributed by atoms with Crippen LogP contribution in [-0.4, -0.2) is 43.8 Å². The lowest BCUT2D eigenvalue weighted by Gasteiger charge is -2.16. The molecule has 1 aliphatic heterocycles. The number of thiazole rings is 1. The van der Waals surface area contributed by atoms with E-state index in [1.165, 1.54) is 31.3 Å². The van der Waals surface area contributed by atoms with E-state index in [0.29, 0.717) is 44.3 Å². The summed E-state index contributed by atoms with van der Waals surface area (Å²) in [6, 6.07) is 3.97. The molecule has 4 aromatic heterocycles. The average molecular weight is 589 g/mol. The van der Waals surface area contributed by atoms with Gasteiger partial charge in [-0.1, -0.05) is 22.9 Å². The number of carbonyl (C=O) groups is 2. The number of nitrogens with one attached hydrogen (secondary N) is 1. The van der Waals surface area contributed by atoms with Crippen molar-refractivity contribution < 1.29 is 27.5 Å². The maximum atomic E-state index is 14.4. The number of pyridine rings is 3. The summed E-state index contributed by atoms with van der Waals surface area (Å²) in [4.78, 5) is 44.7. The van der Waals surface area contributed by atoms with Crippen LogP contribution in [0.4, 0.5) is 18.3 Å². The number of hydrogen-bond acceptors (Lipinski definition) is 8. The highest BCUT2D eigenvalue weighted by molar-refractivity contribution is 7.16. The quantitative estimate of drug-likeness (QED) is 0.285. The van der Waals surface area contributed by atoms with Gasteiger partial charge in [-0.25, -0.2) is 28.1 Å². The molecule has 0 bridgehead atoms. The number of nitrogens with zero attached hydrogens (tertiary/aromatic N) is 5. The zero-order valence-corrected chi connectivity index (χ0v) is 22.8. The molecule has 4 aromatic rings. The van der Waals surface area contributed by atoms with Crippen LogP contribution in [0.1, 0.15) is 54.8 Å². The van der Waals surface area contributed by atoms with Gasteiger partial charge in [-0.3, -0.25) is 19.9 Å². The third-order valence-electron chi connectivity index (χ3n) is 6.23. The minimum Gasteiger partial charge on any atom is -0.494 e. The molecule has 1 aliphatic rings. The van der Waals surface area contributed by atoms with E-state index in [9.17, 15) is 22.8 Å². The van der Waals surface area contributed by atoms with Crippen LogP contribution < -0.4 is 10.1 Å². The smallest absolute Gasteiger partial charge is 0.276 e. The summed E-state index contributed by atoms with van der Waals surface area (Å²) in [5.74, 6) is -1.90. The molecular formula is C26H20ClF3N6O3S. The SMILES string of the molecule is COc1cnc(Cl)cc1-c1cc(C)ncc1C(=O)Nc1nc2c(s1)CN(C(=O)c1nc(C)c(C(F)F)cc1F)C2. The van der Waals surface area contributed by atoms with Crippen molar-refractivity contribution in [3.05, 3.63) is 80.3 Å². The molecule has 5 rings (SSSR count). The lowest BCUT2D eigenvalue weighted by Crippen LogP contribution is -2.28. The number of carbonyl (C=O) groups excluding carboxylic acids is 2. The molecule has 0 saturated heterocycles.